The third-order valence-corrected chi connectivity index (χ3v) is 3.27. The van der Waals surface area contributed by atoms with E-state index >= 15 is 0 Å². The summed E-state index contributed by atoms with van der Waals surface area (Å²) < 4.78 is 0. The molecule has 0 aromatic carbocycles. The Bertz CT molecular complexity index is 134. The molecule has 2 unspecified atom stereocenters. The van der Waals surface area contributed by atoms with E-state index in [0.29, 0.717) is 5.92 Å². The molecule has 1 nitrogen and oxygen atoms in total. The third-order valence-electron chi connectivity index (χ3n) is 3.27. The maximum atomic E-state index is 10.4. The second kappa shape index (κ2) is 3.78. The van der Waals surface area contributed by atoms with Gasteiger partial charge in [-0.25, -0.2) is 0 Å². The van der Waals surface area contributed by atoms with Crippen molar-refractivity contribution >= 4 is 0 Å². The molecule has 1 heteroatoms. The number of hydrogen-bond acceptors (Lipinski definition) is 1. The first-order valence-corrected chi connectivity index (χ1v) is 5.02. The van der Waals surface area contributed by atoms with Crippen LogP contribution in [0.15, 0.2) is 0 Å². The van der Waals surface area contributed by atoms with Crippen molar-refractivity contribution in [2.75, 3.05) is 0 Å². The number of aliphatic hydroxyl groups is 1. The van der Waals surface area contributed by atoms with E-state index in [0.717, 1.165) is 12.8 Å². The van der Waals surface area contributed by atoms with Gasteiger partial charge in [-0.15, -0.1) is 0 Å². The van der Waals surface area contributed by atoms with E-state index < -0.39 is 5.60 Å². The van der Waals surface area contributed by atoms with Crippen molar-refractivity contribution < 1.29 is 5.11 Å². The highest BCUT2D eigenvalue weighted by molar-refractivity contribution is 4.92. The summed E-state index contributed by atoms with van der Waals surface area (Å²) in [4.78, 5) is 0. The summed E-state index contributed by atoms with van der Waals surface area (Å²) in [6.45, 7) is 12.7. The van der Waals surface area contributed by atoms with E-state index in [1.165, 1.54) is 0 Å². The van der Waals surface area contributed by atoms with Crippen LogP contribution in [0.2, 0.25) is 0 Å². The van der Waals surface area contributed by atoms with E-state index in [4.69, 9.17) is 0 Å². The molecular formula is C11H24O. The minimum atomic E-state index is -0.512. The lowest BCUT2D eigenvalue weighted by molar-refractivity contribution is -0.103. The van der Waals surface area contributed by atoms with Crippen molar-refractivity contribution in [2.24, 2.45) is 11.3 Å². The van der Waals surface area contributed by atoms with Gasteiger partial charge in [0.05, 0.1) is 5.60 Å². The predicted octanol–water partition coefficient (Wildman–Crippen LogP) is 3.22. The van der Waals surface area contributed by atoms with Crippen LogP contribution in [0, 0.1) is 11.3 Å². The van der Waals surface area contributed by atoms with Gasteiger partial charge in [-0.3, -0.25) is 0 Å². The van der Waals surface area contributed by atoms with Gasteiger partial charge >= 0.3 is 0 Å². The third kappa shape index (κ3) is 2.01. The summed E-state index contributed by atoms with van der Waals surface area (Å²) in [5.74, 6) is 0.377. The second-order valence-electron chi connectivity index (χ2n) is 4.84. The smallest absolute Gasteiger partial charge is 0.0718 e. The molecule has 0 aliphatic carbocycles. The van der Waals surface area contributed by atoms with E-state index in [9.17, 15) is 5.11 Å². The molecule has 0 aliphatic heterocycles. The molecule has 0 aliphatic rings. The summed E-state index contributed by atoms with van der Waals surface area (Å²) in [6.07, 6.45) is 1.88. The average molecular weight is 172 g/mol. The fourth-order valence-electron chi connectivity index (χ4n) is 1.96. The van der Waals surface area contributed by atoms with Crippen LogP contribution in [-0.2, 0) is 0 Å². The second-order valence-corrected chi connectivity index (χ2v) is 4.84. The minimum absolute atomic E-state index is 0.0167. The molecule has 0 heterocycles. The summed E-state index contributed by atoms with van der Waals surface area (Å²) in [5.41, 5.74) is -0.529. The van der Waals surface area contributed by atoms with Gasteiger partial charge in [-0.2, -0.15) is 0 Å². The first-order chi connectivity index (χ1) is 5.29. The maximum absolute atomic E-state index is 10.4. The zero-order valence-electron chi connectivity index (χ0n) is 9.44. The highest BCUT2D eigenvalue weighted by atomic mass is 16.3. The Kier molecular flexibility index (Phi) is 3.77. The molecule has 0 aromatic heterocycles. The SMILES string of the molecule is CCC(C)C(O)(CC)C(C)(C)C. The quantitative estimate of drug-likeness (QED) is 0.693. The fourth-order valence-corrected chi connectivity index (χ4v) is 1.96. The molecule has 1 N–H and O–H groups in total. The molecule has 0 aromatic rings. The largest absolute Gasteiger partial charge is 0.389 e. The van der Waals surface area contributed by atoms with Crippen molar-refractivity contribution in [2.45, 2.75) is 60.0 Å². The van der Waals surface area contributed by atoms with Gasteiger partial charge in [0, 0.05) is 0 Å². The summed E-state index contributed by atoms with van der Waals surface area (Å²) >= 11 is 0. The highest BCUT2D eigenvalue weighted by Gasteiger charge is 2.41. The Morgan fingerprint density at radius 2 is 1.58 bits per heavy atom. The van der Waals surface area contributed by atoms with Gasteiger partial charge in [0.2, 0.25) is 0 Å². The Balaban J connectivity index is 4.67. The van der Waals surface area contributed by atoms with E-state index in [1.54, 1.807) is 0 Å². The van der Waals surface area contributed by atoms with Crippen LogP contribution in [0.1, 0.15) is 54.4 Å². The van der Waals surface area contributed by atoms with Gasteiger partial charge in [-0.05, 0) is 17.8 Å². The molecule has 0 amide bonds. The van der Waals surface area contributed by atoms with Crippen molar-refractivity contribution in [3.05, 3.63) is 0 Å². The van der Waals surface area contributed by atoms with Gasteiger partial charge in [-0.1, -0.05) is 48.0 Å². The molecule has 0 spiro atoms. The van der Waals surface area contributed by atoms with E-state index in [-0.39, 0.29) is 5.41 Å². The Labute approximate surface area is 77.2 Å². The van der Waals surface area contributed by atoms with Gasteiger partial charge in [0.25, 0.3) is 0 Å². The van der Waals surface area contributed by atoms with Crippen molar-refractivity contribution in [3.63, 3.8) is 0 Å². The van der Waals surface area contributed by atoms with Crippen LogP contribution < -0.4 is 0 Å². The van der Waals surface area contributed by atoms with Crippen LogP contribution in [0.4, 0.5) is 0 Å². The lowest BCUT2D eigenvalue weighted by atomic mass is 9.67. The van der Waals surface area contributed by atoms with Crippen molar-refractivity contribution in [1.82, 2.24) is 0 Å². The molecule has 0 saturated heterocycles. The van der Waals surface area contributed by atoms with Crippen LogP contribution in [0.3, 0.4) is 0 Å². The zero-order chi connectivity index (χ0) is 9.99. The molecule has 0 rings (SSSR count). The van der Waals surface area contributed by atoms with E-state index in [1.807, 2.05) is 0 Å². The van der Waals surface area contributed by atoms with Crippen LogP contribution in [-0.4, -0.2) is 10.7 Å². The minimum Gasteiger partial charge on any atom is -0.389 e. The predicted molar refractivity (Wildman–Crippen MR) is 54.2 cm³/mol. The first kappa shape index (κ1) is 12.0. The lowest BCUT2D eigenvalue weighted by Gasteiger charge is -2.44. The van der Waals surface area contributed by atoms with Crippen molar-refractivity contribution in [3.8, 4) is 0 Å². The lowest BCUT2D eigenvalue weighted by Crippen LogP contribution is -2.47. The molecule has 0 radical (unpaired) electrons. The van der Waals surface area contributed by atoms with Gasteiger partial charge in [0.15, 0.2) is 0 Å². The summed E-state index contributed by atoms with van der Waals surface area (Å²) in [7, 11) is 0. The molecule has 0 fully saturated rings. The van der Waals surface area contributed by atoms with Crippen LogP contribution in [0.5, 0.6) is 0 Å². The molecule has 0 bridgehead atoms. The standard InChI is InChI=1S/C11H24O/c1-7-9(3)11(12,8-2)10(4,5)6/h9,12H,7-8H2,1-6H3. The maximum Gasteiger partial charge on any atom is 0.0718 e. The monoisotopic (exact) mass is 172 g/mol. The first-order valence-electron chi connectivity index (χ1n) is 5.02. The fraction of sp³-hybridized carbons (Fsp3) is 1.00. The average Bonchev–Trinajstić information content (AvgIpc) is 1.99. The molecule has 12 heavy (non-hydrogen) atoms. The zero-order valence-corrected chi connectivity index (χ0v) is 9.44. The van der Waals surface area contributed by atoms with Gasteiger partial charge < -0.3 is 5.11 Å². The van der Waals surface area contributed by atoms with Gasteiger partial charge in [0.1, 0.15) is 0 Å². The van der Waals surface area contributed by atoms with Crippen molar-refractivity contribution in [1.29, 1.82) is 0 Å². The molecule has 0 saturated carbocycles. The topological polar surface area (TPSA) is 20.2 Å². The number of rotatable bonds is 3. The Morgan fingerprint density at radius 1 is 1.17 bits per heavy atom. The normalized spacial score (nSPS) is 20.2. The molecular weight excluding hydrogens is 148 g/mol. The summed E-state index contributed by atoms with van der Waals surface area (Å²) in [6, 6.07) is 0. The molecule has 74 valence electrons. The number of hydrogen-bond donors (Lipinski definition) is 1. The molecule has 2 atom stereocenters. The van der Waals surface area contributed by atoms with Crippen LogP contribution in [0.25, 0.3) is 0 Å². The van der Waals surface area contributed by atoms with Crippen LogP contribution >= 0.6 is 0 Å². The highest BCUT2D eigenvalue weighted by Crippen LogP contribution is 2.40. The summed E-state index contributed by atoms with van der Waals surface area (Å²) in [5, 5.41) is 10.4. The Hall–Kier alpha value is -0.0400. The Morgan fingerprint density at radius 3 is 1.67 bits per heavy atom. The van der Waals surface area contributed by atoms with E-state index in [2.05, 4.69) is 41.5 Å².